The Kier molecular flexibility index (Phi) is 3.62. The van der Waals surface area contributed by atoms with Gasteiger partial charge in [0.15, 0.2) is 0 Å². The summed E-state index contributed by atoms with van der Waals surface area (Å²) in [5.74, 6) is -0.0963. The highest BCUT2D eigenvalue weighted by Crippen LogP contribution is 2.32. The summed E-state index contributed by atoms with van der Waals surface area (Å²) in [6.07, 6.45) is 1.73. The molecule has 2 aliphatic rings. The highest BCUT2D eigenvalue weighted by atomic mass is 32.2. The van der Waals surface area contributed by atoms with Crippen LogP contribution >= 0.6 is 0 Å². The van der Waals surface area contributed by atoms with Crippen LogP contribution in [0.1, 0.15) is 29.0 Å². The number of nitrogens with zero attached hydrogens (tertiary/aromatic N) is 3. The predicted molar refractivity (Wildman–Crippen MR) is 74.6 cm³/mol. The van der Waals surface area contributed by atoms with E-state index in [0.29, 0.717) is 37.7 Å². The predicted octanol–water partition coefficient (Wildman–Crippen LogP) is 0.571. The number of morpholine rings is 1. The molecule has 2 fully saturated rings. The van der Waals surface area contributed by atoms with Crippen molar-refractivity contribution in [2.45, 2.75) is 31.6 Å². The molecule has 0 aromatic carbocycles. The minimum Gasteiger partial charge on any atom is -0.379 e. The molecular formula is C13H19N3O4S. The summed E-state index contributed by atoms with van der Waals surface area (Å²) < 4.78 is 33.4. The largest absolute Gasteiger partial charge is 0.379 e. The lowest BCUT2D eigenvalue weighted by Gasteiger charge is -2.26. The van der Waals surface area contributed by atoms with Crippen LogP contribution in [0.15, 0.2) is 4.90 Å². The van der Waals surface area contributed by atoms with Crippen molar-refractivity contribution >= 4 is 15.9 Å². The average molecular weight is 313 g/mol. The molecule has 116 valence electrons. The number of carbonyl (C=O) groups excluding carboxylic acids is 1. The molecule has 1 aliphatic carbocycles. The molecule has 0 radical (unpaired) electrons. The number of aryl methyl sites for hydroxylation is 1. The third-order valence-corrected chi connectivity index (χ3v) is 6.08. The van der Waals surface area contributed by atoms with Crippen LogP contribution in [0.4, 0.5) is 0 Å². The van der Waals surface area contributed by atoms with Crippen LogP contribution in [0, 0.1) is 19.8 Å². The lowest BCUT2D eigenvalue weighted by Crippen LogP contribution is -2.41. The molecule has 7 nitrogen and oxygen atoms in total. The van der Waals surface area contributed by atoms with Crippen LogP contribution < -0.4 is 0 Å². The van der Waals surface area contributed by atoms with Crippen molar-refractivity contribution in [1.82, 2.24) is 14.1 Å². The van der Waals surface area contributed by atoms with E-state index in [9.17, 15) is 13.2 Å². The summed E-state index contributed by atoms with van der Waals surface area (Å²) in [6.45, 7) is 4.75. The van der Waals surface area contributed by atoms with Crippen molar-refractivity contribution in [2.75, 3.05) is 26.3 Å². The van der Waals surface area contributed by atoms with Gasteiger partial charge in [-0.3, -0.25) is 4.79 Å². The van der Waals surface area contributed by atoms with Gasteiger partial charge in [-0.1, -0.05) is 0 Å². The topological polar surface area (TPSA) is 81.5 Å². The van der Waals surface area contributed by atoms with E-state index >= 15 is 0 Å². The van der Waals surface area contributed by atoms with Gasteiger partial charge in [-0.25, -0.2) is 13.1 Å². The zero-order valence-electron chi connectivity index (χ0n) is 12.2. The molecule has 1 saturated heterocycles. The highest BCUT2D eigenvalue weighted by Gasteiger charge is 2.36. The van der Waals surface area contributed by atoms with Gasteiger partial charge in [-0.05, 0) is 26.7 Å². The van der Waals surface area contributed by atoms with Crippen LogP contribution in [0.3, 0.4) is 0 Å². The Balaban J connectivity index is 1.99. The van der Waals surface area contributed by atoms with Crippen LogP contribution in [-0.2, 0) is 14.8 Å². The Bertz CT molecular complexity index is 670. The Morgan fingerprint density at radius 1 is 1.24 bits per heavy atom. The van der Waals surface area contributed by atoms with Crippen molar-refractivity contribution in [3.05, 3.63) is 11.4 Å². The number of ether oxygens (including phenoxy) is 1. The van der Waals surface area contributed by atoms with Crippen LogP contribution in [-0.4, -0.2) is 54.7 Å². The molecule has 0 atom stereocenters. The molecule has 3 rings (SSSR count). The van der Waals surface area contributed by atoms with Gasteiger partial charge in [0.2, 0.25) is 15.9 Å². The number of hydrogen-bond donors (Lipinski definition) is 0. The fourth-order valence-electron chi connectivity index (χ4n) is 2.64. The van der Waals surface area contributed by atoms with Crippen molar-refractivity contribution in [3.63, 3.8) is 0 Å². The number of carbonyl (C=O) groups is 1. The number of aromatic nitrogens is 2. The molecule has 1 saturated carbocycles. The first-order valence-corrected chi connectivity index (χ1v) is 8.55. The average Bonchev–Trinajstić information content (AvgIpc) is 3.25. The van der Waals surface area contributed by atoms with E-state index < -0.39 is 10.0 Å². The maximum atomic E-state index is 12.8. The van der Waals surface area contributed by atoms with E-state index in [0.717, 1.165) is 12.8 Å². The number of hydrogen-bond acceptors (Lipinski definition) is 5. The lowest BCUT2D eigenvalue weighted by molar-refractivity contribution is 0.0730. The molecule has 0 N–H and O–H groups in total. The third kappa shape index (κ3) is 2.51. The summed E-state index contributed by atoms with van der Waals surface area (Å²) in [6, 6.07) is 0. The molecule has 0 amide bonds. The second-order valence-corrected chi connectivity index (χ2v) is 7.42. The van der Waals surface area contributed by atoms with Crippen molar-refractivity contribution in [1.29, 1.82) is 0 Å². The monoisotopic (exact) mass is 313 g/mol. The maximum absolute atomic E-state index is 12.8. The maximum Gasteiger partial charge on any atom is 0.250 e. The SMILES string of the molecule is Cc1nn(C(=O)C2CC2)c(C)c1S(=O)(=O)N1CCOCC1. The number of rotatable bonds is 3. The van der Waals surface area contributed by atoms with E-state index in [4.69, 9.17) is 4.74 Å². The standard InChI is InChI=1S/C13H19N3O4S/c1-9-12(21(18,19)15-5-7-20-8-6-15)10(2)16(14-9)13(17)11-3-4-11/h11H,3-8H2,1-2H3. The highest BCUT2D eigenvalue weighted by molar-refractivity contribution is 7.89. The van der Waals surface area contributed by atoms with E-state index in [2.05, 4.69) is 5.10 Å². The second-order valence-electron chi connectivity index (χ2n) is 5.54. The Labute approximate surface area is 123 Å². The van der Waals surface area contributed by atoms with Gasteiger partial charge in [0.1, 0.15) is 4.90 Å². The summed E-state index contributed by atoms with van der Waals surface area (Å²) in [4.78, 5) is 12.3. The van der Waals surface area contributed by atoms with Crippen LogP contribution in [0.5, 0.6) is 0 Å². The van der Waals surface area contributed by atoms with Gasteiger partial charge in [-0.15, -0.1) is 0 Å². The Morgan fingerprint density at radius 3 is 2.43 bits per heavy atom. The summed E-state index contributed by atoms with van der Waals surface area (Å²) in [5.41, 5.74) is 0.795. The first-order chi connectivity index (χ1) is 9.93. The van der Waals surface area contributed by atoms with Gasteiger partial charge in [-0.2, -0.15) is 9.40 Å². The molecular weight excluding hydrogens is 294 g/mol. The van der Waals surface area contributed by atoms with Crippen molar-refractivity contribution < 1.29 is 17.9 Å². The van der Waals surface area contributed by atoms with E-state index in [1.165, 1.54) is 8.99 Å². The van der Waals surface area contributed by atoms with E-state index in [-0.39, 0.29) is 16.7 Å². The smallest absolute Gasteiger partial charge is 0.250 e. The molecule has 1 aliphatic heterocycles. The molecule has 1 aromatic heterocycles. The fraction of sp³-hybridized carbons (Fsp3) is 0.692. The molecule has 21 heavy (non-hydrogen) atoms. The van der Waals surface area contributed by atoms with Gasteiger partial charge in [0.05, 0.1) is 24.6 Å². The zero-order chi connectivity index (χ0) is 15.2. The Hall–Kier alpha value is -1.25. The lowest BCUT2D eigenvalue weighted by atomic mass is 10.3. The van der Waals surface area contributed by atoms with Crippen molar-refractivity contribution in [3.8, 4) is 0 Å². The summed E-state index contributed by atoms with van der Waals surface area (Å²) >= 11 is 0. The molecule has 0 bridgehead atoms. The van der Waals surface area contributed by atoms with Gasteiger partial charge in [0.25, 0.3) is 0 Å². The number of sulfonamides is 1. The van der Waals surface area contributed by atoms with Gasteiger partial charge >= 0.3 is 0 Å². The third-order valence-electron chi connectivity index (χ3n) is 3.93. The van der Waals surface area contributed by atoms with Gasteiger partial charge < -0.3 is 4.74 Å². The summed E-state index contributed by atoms with van der Waals surface area (Å²) in [5, 5.41) is 4.16. The van der Waals surface area contributed by atoms with E-state index in [1.54, 1.807) is 13.8 Å². The normalized spacial score (nSPS) is 20.7. The minimum absolute atomic E-state index is 0.00180. The quantitative estimate of drug-likeness (QED) is 0.815. The van der Waals surface area contributed by atoms with Crippen molar-refractivity contribution in [2.24, 2.45) is 5.92 Å². The molecule has 0 spiro atoms. The molecule has 2 heterocycles. The van der Waals surface area contributed by atoms with E-state index in [1.807, 2.05) is 0 Å². The fourth-order valence-corrected chi connectivity index (χ4v) is 4.40. The van der Waals surface area contributed by atoms with Crippen LogP contribution in [0.2, 0.25) is 0 Å². The summed E-state index contributed by atoms with van der Waals surface area (Å²) in [7, 11) is -3.62. The van der Waals surface area contributed by atoms with Crippen LogP contribution in [0.25, 0.3) is 0 Å². The minimum atomic E-state index is -3.62. The van der Waals surface area contributed by atoms with Gasteiger partial charge in [0, 0.05) is 19.0 Å². The zero-order valence-corrected chi connectivity index (χ0v) is 13.0. The molecule has 8 heteroatoms. The second kappa shape index (κ2) is 5.19. The first kappa shape index (κ1) is 14.7. The molecule has 0 unspecified atom stereocenters. The Morgan fingerprint density at radius 2 is 1.86 bits per heavy atom. The first-order valence-electron chi connectivity index (χ1n) is 7.11. The molecule has 1 aromatic rings.